The second-order valence-corrected chi connectivity index (χ2v) is 9.67. The third-order valence-corrected chi connectivity index (χ3v) is 6.67. The molecule has 2 heterocycles. The van der Waals surface area contributed by atoms with Gasteiger partial charge < -0.3 is 10.6 Å². The Labute approximate surface area is 234 Å². The van der Waals surface area contributed by atoms with Crippen LogP contribution in [0.2, 0.25) is 0 Å². The molecule has 40 heavy (non-hydrogen) atoms. The molecule has 9 heteroatoms. The smallest absolute Gasteiger partial charge is 0.322 e. The molecule has 0 bridgehead atoms. The lowest BCUT2D eigenvalue weighted by atomic mass is 10.1. The Bertz CT molecular complexity index is 1430. The Morgan fingerprint density at radius 1 is 1.07 bits per heavy atom. The van der Waals surface area contributed by atoms with E-state index in [9.17, 15) is 9.18 Å². The lowest BCUT2D eigenvalue weighted by Crippen LogP contribution is -2.40. The first-order valence-electron chi connectivity index (χ1n) is 13.5. The van der Waals surface area contributed by atoms with Crippen LogP contribution in [0.25, 0.3) is 11.1 Å². The number of aryl methyl sites for hydroxylation is 1. The number of nitrogens with one attached hydrogen (secondary N) is 2. The number of benzene rings is 2. The zero-order valence-electron chi connectivity index (χ0n) is 22.8. The Hall–Kier alpha value is -4.71. The molecule has 2 N–H and O–H groups in total. The molecule has 0 fully saturated rings. The molecule has 0 aliphatic rings. The van der Waals surface area contributed by atoms with E-state index in [-0.39, 0.29) is 24.4 Å². The van der Waals surface area contributed by atoms with Gasteiger partial charge in [-0.3, -0.25) is 9.58 Å². The topological polar surface area (TPSA) is 98.9 Å². The molecule has 0 radical (unpaired) electrons. The highest BCUT2D eigenvalue weighted by molar-refractivity contribution is 5.92. The maximum Gasteiger partial charge on any atom is 0.322 e. The molecule has 4 rings (SSSR count). The normalized spacial score (nSPS) is 11.4. The molecule has 0 unspecified atom stereocenters. The highest BCUT2D eigenvalue weighted by Crippen LogP contribution is 2.24. The number of nitrogens with zero attached hydrogens (tertiary/aromatic N) is 5. The molecule has 0 aliphatic carbocycles. The first-order valence-corrected chi connectivity index (χ1v) is 13.5. The standard InChI is InChI=1S/C31H34FN7O/c1-3-7-27(37-30-16-11-23(18-33)19-34-30)9-6-17-39(31(40)35-20-25-8-4-5-10-29(25)32)28-14-12-24(13-15-28)26-21-36-38(2)22-26/h4-5,8,10-16,19,21-22,27H,3,6-7,9,17,20H2,1-2H3,(H,34,37)(H,35,40)/t27-/m0/s1. The Morgan fingerprint density at radius 3 is 2.52 bits per heavy atom. The maximum atomic E-state index is 14.2. The summed E-state index contributed by atoms with van der Waals surface area (Å²) >= 11 is 0. The monoisotopic (exact) mass is 539 g/mol. The van der Waals surface area contributed by atoms with Crippen molar-refractivity contribution in [3.63, 3.8) is 0 Å². The van der Waals surface area contributed by atoms with Crippen molar-refractivity contribution in [1.82, 2.24) is 20.1 Å². The van der Waals surface area contributed by atoms with Gasteiger partial charge in [0.05, 0.1) is 11.8 Å². The SMILES string of the molecule is CCC[C@@H](CCCN(C(=O)NCc1ccccc1F)c1ccc(-c2cnn(C)c2)cc1)Nc1ccc(C#N)cn1. The quantitative estimate of drug-likeness (QED) is 0.221. The lowest BCUT2D eigenvalue weighted by Gasteiger charge is -2.25. The zero-order valence-corrected chi connectivity index (χ0v) is 22.8. The van der Waals surface area contributed by atoms with Crippen molar-refractivity contribution in [2.24, 2.45) is 7.05 Å². The number of halogens is 1. The highest BCUT2D eigenvalue weighted by atomic mass is 19.1. The summed E-state index contributed by atoms with van der Waals surface area (Å²) in [5, 5.41) is 19.6. The van der Waals surface area contributed by atoms with Gasteiger partial charge in [-0.2, -0.15) is 10.4 Å². The number of anilines is 2. The van der Waals surface area contributed by atoms with Crippen molar-refractivity contribution in [3.05, 3.63) is 96.2 Å². The Morgan fingerprint density at radius 2 is 1.88 bits per heavy atom. The minimum atomic E-state index is -0.347. The summed E-state index contributed by atoms with van der Waals surface area (Å²) in [6, 6.07) is 19.8. The predicted octanol–water partition coefficient (Wildman–Crippen LogP) is 6.27. The number of amides is 2. The Balaban J connectivity index is 1.45. The van der Waals surface area contributed by atoms with Gasteiger partial charge in [-0.15, -0.1) is 0 Å². The third-order valence-electron chi connectivity index (χ3n) is 6.67. The second kappa shape index (κ2) is 13.9. The fourth-order valence-electron chi connectivity index (χ4n) is 4.55. The van der Waals surface area contributed by atoms with Gasteiger partial charge in [0, 0.05) is 55.4 Å². The van der Waals surface area contributed by atoms with Crippen LogP contribution < -0.4 is 15.5 Å². The van der Waals surface area contributed by atoms with Crippen molar-refractivity contribution in [2.45, 2.75) is 45.2 Å². The number of nitriles is 1. The number of urea groups is 1. The van der Waals surface area contributed by atoms with E-state index in [4.69, 9.17) is 5.26 Å². The molecule has 0 saturated carbocycles. The number of pyridine rings is 1. The van der Waals surface area contributed by atoms with Crippen molar-refractivity contribution >= 4 is 17.5 Å². The summed E-state index contributed by atoms with van der Waals surface area (Å²) in [5.41, 5.74) is 3.71. The second-order valence-electron chi connectivity index (χ2n) is 9.67. The average Bonchev–Trinajstić information content (AvgIpc) is 3.41. The van der Waals surface area contributed by atoms with Crippen LogP contribution in [0.4, 0.5) is 20.7 Å². The van der Waals surface area contributed by atoms with E-state index in [0.29, 0.717) is 17.7 Å². The van der Waals surface area contributed by atoms with E-state index in [1.165, 1.54) is 6.07 Å². The Kier molecular flexibility index (Phi) is 9.83. The van der Waals surface area contributed by atoms with E-state index in [1.807, 2.05) is 43.6 Å². The van der Waals surface area contributed by atoms with Gasteiger partial charge in [-0.1, -0.05) is 43.7 Å². The van der Waals surface area contributed by atoms with E-state index in [2.05, 4.69) is 33.7 Å². The molecule has 0 aliphatic heterocycles. The summed E-state index contributed by atoms with van der Waals surface area (Å²) in [4.78, 5) is 19.4. The number of carbonyl (C=O) groups is 1. The molecule has 2 aromatic heterocycles. The van der Waals surface area contributed by atoms with Gasteiger partial charge in [0.15, 0.2) is 0 Å². The number of rotatable bonds is 12. The number of hydrogen-bond donors (Lipinski definition) is 2. The molecule has 0 spiro atoms. The summed E-state index contributed by atoms with van der Waals surface area (Å²) in [6.07, 6.45) is 8.81. The zero-order chi connectivity index (χ0) is 28.3. The van der Waals surface area contributed by atoms with E-state index in [1.54, 1.807) is 46.2 Å². The van der Waals surface area contributed by atoms with E-state index < -0.39 is 0 Å². The molecular weight excluding hydrogens is 505 g/mol. The van der Waals surface area contributed by atoms with Gasteiger partial charge in [-0.25, -0.2) is 14.2 Å². The van der Waals surface area contributed by atoms with Crippen LogP contribution in [-0.4, -0.2) is 33.4 Å². The fraction of sp³-hybridized carbons (Fsp3) is 0.290. The number of hydrogen-bond acceptors (Lipinski definition) is 5. The van der Waals surface area contributed by atoms with Crippen LogP contribution in [0.1, 0.15) is 43.7 Å². The molecule has 1 atom stereocenters. The average molecular weight is 540 g/mol. The molecule has 206 valence electrons. The first kappa shape index (κ1) is 28.3. The van der Waals surface area contributed by atoms with Crippen LogP contribution in [-0.2, 0) is 13.6 Å². The fourth-order valence-corrected chi connectivity index (χ4v) is 4.55. The predicted molar refractivity (Wildman–Crippen MR) is 155 cm³/mol. The molecule has 2 aromatic carbocycles. The molecule has 8 nitrogen and oxygen atoms in total. The minimum absolute atomic E-state index is 0.0974. The minimum Gasteiger partial charge on any atom is -0.367 e. The van der Waals surface area contributed by atoms with Gasteiger partial charge in [-0.05, 0) is 55.2 Å². The van der Waals surface area contributed by atoms with Crippen molar-refractivity contribution in [3.8, 4) is 17.2 Å². The first-order chi connectivity index (χ1) is 19.5. The van der Waals surface area contributed by atoms with Gasteiger partial charge in [0.2, 0.25) is 0 Å². The largest absolute Gasteiger partial charge is 0.367 e. The maximum absolute atomic E-state index is 14.2. The van der Waals surface area contributed by atoms with Gasteiger partial charge in [0.25, 0.3) is 0 Å². The summed E-state index contributed by atoms with van der Waals surface area (Å²) < 4.78 is 15.9. The van der Waals surface area contributed by atoms with Crippen molar-refractivity contribution < 1.29 is 9.18 Å². The summed E-state index contributed by atoms with van der Waals surface area (Å²) in [6.45, 7) is 2.71. The summed E-state index contributed by atoms with van der Waals surface area (Å²) in [7, 11) is 1.87. The third kappa shape index (κ3) is 7.67. The molecular formula is C31H34FN7O. The van der Waals surface area contributed by atoms with Gasteiger partial charge >= 0.3 is 6.03 Å². The van der Waals surface area contributed by atoms with Crippen molar-refractivity contribution in [1.29, 1.82) is 5.26 Å². The van der Waals surface area contributed by atoms with Crippen molar-refractivity contribution in [2.75, 3.05) is 16.8 Å². The van der Waals surface area contributed by atoms with Crippen LogP contribution >= 0.6 is 0 Å². The molecule has 0 saturated heterocycles. The van der Waals surface area contributed by atoms with E-state index >= 15 is 0 Å². The summed E-state index contributed by atoms with van der Waals surface area (Å²) in [5.74, 6) is 0.378. The van der Waals surface area contributed by atoms with Crippen LogP contribution in [0, 0.1) is 17.1 Å². The molecule has 4 aromatic rings. The van der Waals surface area contributed by atoms with Crippen LogP contribution in [0.3, 0.4) is 0 Å². The van der Waals surface area contributed by atoms with E-state index in [0.717, 1.165) is 48.3 Å². The van der Waals surface area contributed by atoms with Gasteiger partial charge in [0.1, 0.15) is 17.7 Å². The number of carbonyl (C=O) groups excluding carboxylic acids is 1. The van der Waals surface area contributed by atoms with Crippen LogP contribution in [0.15, 0.2) is 79.3 Å². The van der Waals surface area contributed by atoms with Crippen LogP contribution in [0.5, 0.6) is 0 Å². The number of aromatic nitrogens is 3. The highest BCUT2D eigenvalue weighted by Gasteiger charge is 2.18. The lowest BCUT2D eigenvalue weighted by molar-refractivity contribution is 0.245. The molecule has 2 amide bonds.